The van der Waals surface area contributed by atoms with E-state index in [1.807, 2.05) is 42.5 Å². The average Bonchev–Trinajstić information content (AvgIpc) is 2.91. The quantitative estimate of drug-likeness (QED) is 0.659. The molecule has 0 fully saturated rings. The van der Waals surface area contributed by atoms with Crippen molar-refractivity contribution in [2.45, 2.75) is 6.42 Å². The number of carbonyl (C=O) groups is 1. The minimum atomic E-state index is -0.0771. The zero-order valence-corrected chi connectivity index (χ0v) is 14.1. The number of halogens is 1. The van der Waals surface area contributed by atoms with Gasteiger partial charge < -0.3 is 14.5 Å². The van der Waals surface area contributed by atoms with Crippen molar-refractivity contribution in [1.29, 1.82) is 0 Å². The summed E-state index contributed by atoms with van der Waals surface area (Å²) in [6.45, 7) is 0. The fourth-order valence-electron chi connectivity index (χ4n) is 2.24. The molecule has 0 unspecified atom stereocenters. The number of hydrogen-bond acceptors (Lipinski definition) is 3. The molecule has 5 heteroatoms. The molecule has 0 aliphatic rings. The Morgan fingerprint density at radius 1 is 1.23 bits per heavy atom. The van der Waals surface area contributed by atoms with E-state index in [0.29, 0.717) is 0 Å². The highest BCUT2D eigenvalue weighted by molar-refractivity contribution is 14.1. The van der Waals surface area contributed by atoms with Gasteiger partial charge in [0.1, 0.15) is 11.3 Å². The molecule has 0 aliphatic heterocycles. The molecule has 3 rings (SSSR count). The van der Waals surface area contributed by atoms with Crippen molar-refractivity contribution >= 4 is 45.2 Å². The molecule has 1 N–H and O–H groups in total. The van der Waals surface area contributed by atoms with Crippen LogP contribution in [0.15, 0.2) is 53.1 Å². The number of hydrogen-bond donors (Lipinski definition) is 1. The lowest BCUT2D eigenvalue weighted by Crippen LogP contribution is -2.14. The van der Waals surface area contributed by atoms with Crippen LogP contribution in [-0.2, 0) is 11.2 Å². The van der Waals surface area contributed by atoms with E-state index in [2.05, 4.69) is 27.9 Å². The third kappa shape index (κ3) is 3.24. The van der Waals surface area contributed by atoms with Gasteiger partial charge in [0.15, 0.2) is 0 Å². The molecule has 2 aromatic carbocycles. The van der Waals surface area contributed by atoms with Gasteiger partial charge in [0, 0.05) is 20.2 Å². The number of benzene rings is 2. The topological polar surface area (TPSA) is 51.5 Å². The van der Waals surface area contributed by atoms with Crippen molar-refractivity contribution in [3.05, 3.63) is 57.9 Å². The number of fused-ring (bicyclic) bond motifs is 1. The van der Waals surface area contributed by atoms with Crippen LogP contribution in [0.1, 0.15) is 5.56 Å². The summed E-state index contributed by atoms with van der Waals surface area (Å²) in [6.07, 6.45) is 1.88. The molecule has 0 saturated carbocycles. The number of nitrogens with one attached hydrogen (secondary N) is 1. The molecular formula is C17H14INO3. The van der Waals surface area contributed by atoms with Gasteiger partial charge in [0.2, 0.25) is 5.91 Å². The second-order valence-electron chi connectivity index (χ2n) is 4.85. The van der Waals surface area contributed by atoms with Gasteiger partial charge in [-0.05, 0) is 65.1 Å². The lowest BCUT2D eigenvalue weighted by Gasteiger charge is -2.05. The van der Waals surface area contributed by atoms with Crippen molar-refractivity contribution < 1.29 is 13.9 Å². The summed E-state index contributed by atoms with van der Waals surface area (Å²) in [6, 6.07) is 13.2. The van der Waals surface area contributed by atoms with Gasteiger partial charge in [0.05, 0.1) is 19.8 Å². The molecule has 0 atom stereocenters. The van der Waals surface area contributed by atoms with E-state index in [1.165, 1.54) is 0 Å². The third-order valence-corrected chi connectivity index (χ3v) is 4.06. The molecule has 0 radical (unpaired) electrons. The summed E-state index contributed by atoms with van der Waals surface area (Å²) in [4.78, 5) is 12.2. The van der Waals surface area contributed by atoms with Gasteiger partial charge >= 0.3 is 0 Å². The van der Waals surface area contributed by atoms with Crippen molar-refractivity contribution in [1.82, 2.24) is 0 Å². The van der Waals surface area contributed by atoms with E-state index in [4.69, 9.17) is 9.15 Å². The Bertz CT molecular complexity index is 808. The SMILES string of the molecule is COc1ccc2occ(CC(=O)Nc3ccc(I)cc3)c2c1. The van der Waals surface area contributed by atoms with Crippen molar-refractivity contribution in [2.75, 3.05) is 12.4 Å². The zero-order valence-electron chi connectivity index (χ0n) is 11.9. The number of carbonyl (C=O) groups excluding carboxylic acids is 1. The molecule has 4 nitrogen and oxygen atoms in total. The van der Waals surface area contributed by atoms with Crippen LogP contribution in [0, 0.1) is 3.57 Å². The smallest absolute Gasteiger partial charge is 0.228 e. The van der Waals surface area contributed by atoms with Crippen LogP contribution in [0.5, 0.6) is 5.75 Å². The largest absolute Gasteiger partial charge is 0.497 e. The molecule has 0 saturated heterocycles. The number of furan rings is 1. The van der Waals surface area contributed by atoms with E-state index in [0.717, 1.165) is 31.5 Å². The molecule has 1 amide bonds. The molecule has 3 aromatic rings. The highest BCUT2D eigenvalue weighted by atomic mass is 127. The first kappa shape index (κ1) is 14.9. The molecular weight excluding hydrogens is 393 g/mol. The van der Waals surface area contributed by atoms with E-state index in [9.17, 15) is 4.79 Å². The molecule has 0 aliphatic carbocycles. The van der Waals surface area contributed by atoms with Crippen LogP contribution in [-0.4, -0.2) is 13.0 Å². The fourth-order valence-corrected chi connectivity index (χ4v) is 2.60. The third-order valence-electron chi connectivity index (χ3n) is 3.34. The fraction of sp³-hybridized carbons (Fsp3) is 0.118. The lowest BCUT2D eigenvalue weighted by molar-refractivity contribution is -0.115. The van der Waals surface area contributed by atoms with Crippen LogP contribution >= 0.6 is 22.6 Å². The summed E-state index contributed by atoms with van der Waals surface area (Å²) < 4.78 is 11.8. The normalized spacial score (nSPS) is 10.6. The van der Waals surface area contributed by atoms with Gasteiger partial charge in [-0.15, -0.1) is 0 Å². The first-order chi connectivity index (χ1) is 10.7. The minimum absolute atomic E-state index is 0.0771. The van der Waals surface area contributed by atoms with E-state index in [-0.39, 0.29) is 12.3 Å². The number of anilines is 1. The van der Waals surface area contributed by atoms with Gasteiger partial charge in [-0.3, -0.25) is 4.79 Å². The van der Waals surface area contributed by atoms with Crippen LogP contribution in [0.3, 0.4) is 0 Å². The summed E-state index contributed by atoms with van der Waals surface area (Å²) in [5, 5.41) is 3.79. The number of amides is 1. The van der Waals surface area contributed by atoms with Crippen LogP contribution in [0.25, 0.3) is 11.0 Å². The van der Waals surface area contributed by atoms with Gasteiger partial charge in [0.25, 0.3) is 0 Å². The molecule has 1 aromatic heterocycles. The predicted molar refractivity (Wildman–Crippen MR) is 94.3 cm³/mol. The average molecular weight is 407 g/mol. The maximum Gasteiger partial charge on any atom is 0.228 e. The van der Waals surface area contributed by atoms with Crippen molar-refractivity contribution in [3.8, 4) is 5.75 Å². The van der Waals surface area contributed by atoms with E-state index in [1.54, 1.807) is 13.4 Å². The summed E-state index contributed by atoms with van der Waals surface area (Å²) in [5.74, 6) is 0.667. The highest BCUT2D eigenvalue weighted by Crippen LogP contribution is 2.26. The number of ether oxygens (including phenoxy) is 1. The molecule has 0 bridgehead atoms. The summed E-state index contributed by atoms with van der Waals surface area (Å²) in [5.41, 5.74) is 2.38. The predicted octanol–water partition coefficient (Wildman–Crippen LogP) is 4.23. The monoisotopic (exact) mass is 407 g/mol. The van der Waals surface area contributed by atoms with Crippen LogP contribution in [0.4, 0.5) is 5.69 Å². The summed E-state index contributed by atoms with van der Waals surface area (Å²) in [7, 11) is 1.62. The minimum Gasteiger partial charge on any atom is -0.497 e. The Morgan fingerprint density at radius 2 is 2.00 bits per heavy atom. The van der Waals surface area contributed by atoms with Crippen LogP contribution in [0.2, 0.25) is 0 Å². The molecule has 0 spiro atoms. The first-order valence-corrected chi connectivity index (χ1v) is 7.83. The van der Waals surface area contributed by atoms with Crippen molar-refractivity contribution in [2.24, 2.45) is 0 Å². The van der Waals surface area contributed by atoms with E-state index >= 15 is 0 Å². The van der Waals surface area contributed by atoms with Crippen molar-refractivity contribution in [3.63, 3.8) is 0 Å². The molecule has 22 heavy (non-hydrogen) atoms. The second-order valence-corrected chi connectivity index (χ2v) is 6.10. The zero-order chi connectivity index (χ0) is 15.5. The van der Waals surface area contributed by atoms with Gasteiger partial charge in [-0.1, -0.05) is 0 Å². The Kier molecular flexibility index (Phi) is 4.33. The van der Waals surface area contributed by atoms with E-state index < -0.39 is 0 Å². The number of methoxy groups -OCH3 is 1. The first-order valence-electron chi connectivity index (χ1n) is 6.75. The maximum absolute atomic E-state index is 12.2. The molecule has 1 heterocycles. The van der Waals surface area contributed by atoms with Gasteiger partial charge in [-0.2, -0.15) is 0 Å². The molecule has 112 valence electrons. The maximum atomic E-state index is 12.2. The Morgan fingerprint density at radius 3 is 2.73 bits per heavy atom. The van der Waals surface area contributed by atoms with Gasteiger partial charge in [-0.25, -0.2) is 0 Å². The summed E-state index contributed by atoms with van der Waals surface area (Å²) >= 11 is 2.23. The lowest BCUT2D eigenvalue weighted by atomic mass is 10.1. The number of rotatable bonds is 4. The highest BCUT2D eigenvalue weighted by Gasteiger charge is 2.11. The van der Waals surface area contributed by atoms with Crippen LogP contribution < -0.4 is 10.1 Å². The Balaban J connectivity index is 1.77. The standard InChI is InChI=1S/C17H14INO3/c1-21-14-6-7-16-15(9-14)11(10-22-16)8-17(20)19-13-4-2-12(18)3-5-13/h2-7,9-10H,8H2,1H3,(H,19,20). The Labute approximate surface area is 141 Å². The second kappa shape index (κ2) is 6.39. The Hall–Kier alpha value is -2.02.